The van der Waals surface area contributed by atoms with Crippen LogP contribution in [0.5, 0.6) is 23.0 Å². The van der Waals surface area contributed by atoms with Gasteiger partial charge in [-0.1, -0.05) is 66.7 Å². The van der Waals surface area contributed by atoms with Gasteiger partial charge in [0, 0.05) is 17.0 Å². The molecule has 6 aromatic rings. The molecular weight excluding hydrogens is 685 g/mol. The van der Waals surface area contributed by atoms with Crippen molar-refractivity contribution in [2.45, 2.75) is 95.2 Å². The van der Waals surface area contributed by atoms with E-state index in [1.54, 1.807) is 0 Å². The van der Waals surface area contributed by atoms with Crippen LogP contribution in [-0.4, -0.2) is 11.2 Å². The Morgan fingerprint density at radius 1 is 0.446 bits per heavy atom. The molecule has 0 amide bonds. The summed E-state index contributed by atoms with van der Waals surface area (Å²) in [6.07, 6.45) is 13.7. The lowest BCUT2D eigenvalue weighted by atomic mass is 9.50. The lowest BCUT2D eigenvalue weighted by molar-refractivity contribution is -0.145. The first-order valence-corrected chi connectivity index (χ1v) is 22.0. The lowest BCUT2D eigenvalue weighted by Crippen LogP contribution is -2.59. The number of benzene rings is 6. The highest BCUT2D eigenvalue weighted by molar-refractivity contribution is 5.96. The molecule has 8 fully saturated rings. The van der Waals surface area contributed by atoms with Gasteiger partial charge in [0.1, 0.15) is 34.2 Å². The van der Waals surface area contributed by atoms with Crippen molar-refractivity contribution in [3.05, 3.63) is 120 Å². The minimum Gasteiger partial charge on any atom is -0.487 e. The number of rotatable bonds is 5. The molecule has 8 bridgehead atoms. The third-order valence-corrected chi connectivity index (χ3v) is 17.1. The third-order valence-electron chi connectivity index (χ3n) is 17.1. The van der Waals surface area contributed by atoms with Crippen molar-refractivity contribution >= 4 is 32.3 Å². The predicted molar refractivity (Wildman–Crippen MR) is 225 cm³/mol. The molecule has 0 spiro atoms. The van der Waals surface area contributed by atoms with Gasteiger partial charge in [0.25, 0.3) is 0 Å². The van der Waals surface area contributed by atoms with E-state index >= 15 is 0 Å². The molecule has 0 saturated heterocycles. The van der Waals surface area contributed by atoms with Gasteiger partial charge in [-0.3, -0.25) is 0 Å². The maximum Gasteiger partial charge on any atom is 0.132 e. The van der Waals surface area contributed by atoms with E-state index in [0.29, 0.717) is 23.7 Å². The standard InChI is InChI=1S/C53H52O3/c1-52(39-19-30-17-31(21-39)22-40(52)20-30)55-43-11-13-45-36(28-43)9-15-47-50(45)49(38-8-7-34-5-3-4-6-35(34)27-38)51-46-14-12-44(29-37(46)10-16-48(51)54-47)56-53(2)41-23-32-18-33(25-41)26-42(53)24-32/h3-16,27-33,39-42,49H,17-26H2,1-2H3. The summed E-state index contributed by atoms with van der Waals surface area (Å²) in [6, 6.07) is 38.5. The Bertz CT molecular complexity index is 2400. The van der Waals surface area contributed by atoms with Crippen molar-refractivity contribution < 1.29 is 14.2 Å². The van der Waals surface area contributed by atoms with E-state index in [0.717, 1.165) is 46.7 Å². The molecule has 3 nitrogen and oxygen atoms in total. The second-order valence-corrected chi connectivity index (χ2v) is 20.0. The van der Waals surface area contributed by atoms with E-state index in [1.165, 1.54) is 113 Å². The fraction of sp³-hybridized carbons (Fsp3) is 0.434. The summed E-state index contributed by atoms with van der Waals surface area (Å²) in [5.41, 5.74) is 3.63. The third kappa shape index (κ3) is 4.69. The van der Waals surface area contributed by atoms with Crippen LogP contribution in [0.15, 0.2) is 103 Å². The van der Waals surface area contributed by atoms with E-state index in [9.17, 15) is 0 Å². The van der Waals surface area contributed by atoms with E-state index < -0.39 is 0 Å². The molecule has 0 atom stereocenters. The second-order valence-electron chi connectivity index (χ2n) is 20.0. The van der Waals surface area contributed by atoms with Crippen molar-refractivity contribution in [2.24, 2.45) is 47.3 Å². The fourth-order valence-corrected chi connectivity index (χ4v) is 14.6. The molecule has 3 heteroatoms. The molecule has 9 aliphatic rings. The molecule has 8 aliphatic carbocycles. The van der Waals surface area contributed by atoms with Gasteiger partial charge in [0.15, 0.2) is 0 Å². The first kappa shape index (κ1) is 32.6. The predicted octanol–water partition coefficient (Wildman–Crippen LogP) is 13.6. The molecular formula is C53H52O3. The second kappa shape index (κ2) is 11.6. The van der Waals surface area contributed by atoms with Gasteiger partial charge in [0.05, 0.1) is 0 Å². The smallest absolute Gasteiger partial charge is 0.132 e. The largest absolute Gasteiger partial charge is 0.487 e. The summed E-state index contributed by atoms with van der Waals surface area (Å²) in [4.78, 5) is 0. The molecule has 0 radical (unpaired) electrons. The maximum atomic E-state index is 7.17. The van der Waals surface area contributed by atoms with Crippen molar-refractivity contribution in [3.8, 4) is 23.0 Å². The SMILES string of the molecule is CC1(Oc2ccc3c4c(ccc3c2)Oc2ccc3cc(OC5(C)C6CC7CC(C6)CC5C7)ccc3c2C4c2ccc3ccccc3c2)C2CC3CC(C2)CC1C3. The molecule has 0 unspecified atom stereocenters. The Labute approximate surface area is 330 Å². The molecule has 56 heavy (non-hydrogen) atoms. The van der Waals surface area contributed by atoms with Crippen LogP contribution in [0.4, 0.5) is 0 Å². The molecule has 8 saturated carbocycles. The Balaban J connectivity index is 0.921. The summed E-state index contributed by atoms with van der Waals surface area (Å²) in [6.45, 7) is 4.87. The van der Waals surface area contributed by atoms with Crippen molar-refractivity contribution in [2.75, 3.05) is 0 Å². The number of hydrogen-bond acceptors (Lipinski definition) is 3. The summed E-state index contributed by atoms with van der Waals surface area (Å²) in [5.74, 6) is 10.3. The molecule has 6 aromatic carbocycles. The lowest BCUT2D eigenvalue weighted by Gasteiger charge is -2.59. The molecule has 1 heterocycles. The van der Waals surface area contributed by atoms with Gasteiger partial charge in [-0.25, -0.2) is 0 Å². The Morgan fingerprint density at radius 3 is 1.38 bits per heavy atom. The van der Waals surface area contributed by atoms with Crippen LogP contribution in [0.2, 0.25) is 0 Å². The number of hydrogen-bond donors (Lipinski definition) is 0. The summed E-state index contributed by atoms with van der Waals surface area (Å²) in [5, 5.41) is 7.43. The van der Waals surface area contributed by atoms with E-state index in [2.05, 4.69) is 117 Å². The fourth-order valence-electron chi connectivity index (χ4n) is 14.6. The van der Waals surface area contributed by atoms with Gasteiger partial charge in [-0.15, -0.1) is 0 Å². The van der Waals surface area contributed by atoms with Crippen LogP contribution in [0.25, 0.3) is 32.3 Å². The van der Waals surface area contributed by atoms with Crippen LogP contribution in [-0.2, 0) is 0 Å². The molecule has 0 aromatic heterocycles. The van der Waals surface area contributed by atoms with Gasteiger partial charge in [-0.05, 0) is 200 Å². The number of ether oxygens (including phenoxy) is 3. The van der Waals surface area contributed by atoms with Crippen molar-refractivity contribution in [1.29, 1.82) is 0 Å². The molecule has 0 N–H and O–H groups in total. The van der Waals surface area contributed by atoms with E-state index in [1.807, 2.05) is 0 Å². The first-order valence-electron chi connectivity index (χ1n) is 22.0. The Hall–Kier alpha value is -4.50. The maximum absolute atomic E-state index is 7.17. The van der Waals surface area contributed by atoms with Gasteiger partial charge in [-0.2, -0.15) is 0 Å². The van der Waals surface area contributed by atoms with Gasteiger partial charge < -0.3 is 14.2 Å². The van der Waals surface area contributed by atoms with Crippen molar-refractivity contribution in [1.82, 2.24) is 0 Å². The van der Waals surface area contributed by atoms with Gasteiger partial charge >= 0.3 is 0 Å². The van der Waals surface area contributed by atoms with Crippen LogP contribution in [0.3, 0.4) is 0 Å². The molecule has 282 valence electrons. The summed E-state index contributed by atoms with van der Waals surface area (Å²) < 4.78 is 21.3. The van der Waals surface area contributed by atoms with Crippen LogP contribution in [0, 0.1) is 47.3 Å². The highest BCUT2D eigenvalue weighted by Gasteiger charge is 2.57. The minimum atomic E-state index is -0.0694. The normalized spacial score (nSPS) is 35.8. The minimum absolute atomic E-state index is 0.00631. The van der Waals surface area contributed by atoms with Crippen LogP contribution in [0.1, 0.15) is 101 Å². The van der Waals surface area contributed by atoms with Crippen LogP contribution >= 0.6 is 0 Å². The molecule has 1 aliphatic heterocycles. The zero-order valence-corrected chi connectivity index (χ0v) is 32.8. The van der Waals surface area contributed by atoms with Gasteiger partial charge in [0.2, 0.25) is 0 Å². The van der Waals surface area contributed by atoms with Crippen molar-refractivity contribution in [3.63, 3.8) is 0 Å². The van der Waals surface area contributed by atoms with Crippen LogP contribution < -0.4 is 14.2 Å². The zero-order chi connectivity index (χ0) is 36.9. The summed E-state index contributed by atoms with van der Waals surface area (Å²) in [7, 11) is 0. The molecule has 15 rings (SSSR count). The Morgan fingerprint density at radius 2 is 0.893 bits per heavy atom. The van der Waals surface area contributed by atoms with E-state index in [4.69, 9.17) is 14.2 Å². The zero-order valence-electron chi connectivity index (χ0n) is 32.8. The quantitative estimate of drug-likeness (QED) is 0.176. The Kier molecular flexibility index (Phi) is 6.72. The average Bonchev–Trinajstić information content (AvgIpc) is 3.20. The summed E-state index contributed by atoms with van der Waals surface area (Å²) >= 11 is 0. The highest BCUT2D eigenvalue weighted by atomic mass is 16.5. The first-order chi connectivity index (χ1) is 27.3. The average molecular weight is 737 g/mol. The number of fused-ring (bicyclic) bond motifs is 7. The van der Waals surface area contributed by atoms with E-state index in [-0.39, 0.29) is 17.1 Å². The monoisotopic (exact) mass is 736 g/mol. The highest BCUT2D eigenvalue weighted by Crippen LogP contribution is 2.61. The topological polar surface area (TPSA) is 27.7 Å².